The Balaban J connectivity index is 0. The van der Waals surface area contributed by atoms with Crippen LogP contribution in [0.4, 0.5) is 0 Å². The molecule has 5 heteroatoms. The zero-order chi connectivity index (χ0) is 20.2. The molecule has 0 saturated carbocycles. The maximum atomic E-state index is 10.7. The molecule has 0 saturated heterocycles. The van der Waals surface area contributed by atoms with Gasteiger partial charge in [0.25, 0.3) is 0 Å². The molecule has 0 unspecified atom stereocenters. The lowest BCUT2D eigenvalue weighted by atomic mass is 10.2. The molecule has 0 bridgehead atoms. The number of carbonyl (C=O) groups is 2. The van der Waals surface area contributed by atoms with Gasteiger partial charge in [-0.25, -0.2) is 9.59 Å². The number of esters is 2. The Bertz CT molecular complexity index is 535. The van der Waals surface area contributed by atoms with Crippen LogP contribution in [0.3, 0.4) is 0 Å². The maximum Gasteiger partial charge on any atom is 0.333 e. The topological polar surface area (TPSA) is 72.8 Å². The van der Waals surface area contributed by atoms with E-state index in [0.29, 0.717) is 12.2 Å². The highest BCUT2D eigenvalue weighted by molar-refractivity contribution is 5.86. The normalized spacial score (nSPS) is 8.58. The molecule has 0 aliphatic rings. The molecule has 1 aromatic rings. The molecule has 0 aliphatic heterocycles. The number of unbranched alkanes of at least 4 members (excludes halogenated alkanes) is 1. The first-order chi connectivity index (χ1) is 12.4. The molecule has 1 N–H and O–H groups in total. The van der Waals surface area contributed by atoms with E-state index in [-0.39, 0.29) is 19.2 Å². The van der Waals surface area contributed by atoms with Crippen LogP contribution in [-0.4, -0.2) is 36.9 Å². The number of hydrogen-bond donors (Lipinski definition) is 1. The smallest absolute Gasteiger partial charge is 0.333 e. The molecule has 0 spiro atoms. The van der Waals surface area contributed by atoms with Crippen molar-refractivity contribution in [3.05, 3.63) is 67.3 Å². The fourth-order valence-electron chi connectivity index (χ4n) is 1.23. The van der Waals surface area contributed by atoms with Crippen molar-refractivity contribution in [3.8, 4) is 0 Å². The van der Waals surface area contributed by atoms with Gasteiger partial charge in [0.1, 0.15) is 6.61 Å². The third-order valence-electron chi connectivity index (χ3n) is 2.62. The number of hydrogen-bond acceptors (Lipinski definition) is 5. The van der Waals surface area contributed by atoms with Crippen LogP contribution in [-0.2, 0) is 19.1 Å². The third-order valence-corrected chi connectivity index (χ3v) is 2.62. The Labute approximate surface area is 156 Å². The van der Waals surface area contributed by atoms with Crippen molar-refractivity contribution in [2.75, 3.05) is 19.8 Å². The van der Waals surface area contributed by atoms with E-state index in [1.54, 1.807) is 6.92 Å². The molecule has 0 aliphatic carbocycles. The van der Waals surface area contributed by atoms with Gasteiger partial charge in [0.2, 0.25) is 0 Å². The summed E-state index contributed by atoms with van der Waals surface area (Å²) in [4.78, 5) is 20.8. The molecule has 1 rings (SSSR count). The number of ether oxygens (including phenoxy) is 2. The highest BCUT2D eigenvalue weighted by Crippen LogP contribution is 1.97. The van der Waals surface area contributed by atoms with Crippen LogP contribution in [0.1, 0.15) is 32.3 Å². The van der Waals surface area contributed by atoms with E-state index < -0.39 is 5.97 Å². The second kappa shape index (κ2) is 18.7. The Hall–Kier alpha value is -2.66. The average Bonchev–Trinajstić information content (AvgIpc) is 2.67. The summed E-state index contributed by atoms with van der Waals surface area (Å²) in [6.45, 7) is 14.4. The standard InChI is InChI=1S/C8H14O2.C8H8.C5H8O3/c1-4-5-6-10-8(9)7(2)3;1-2-8-6-4-3-5-7-8;1-2-5(7)8-4-3-6/h2,4-6H2,1,3H3;2-7H,1H2;2,6H,1,3-4H2. The van der Waals surface area contributed by atoms with Gasteiger partial charge in [-0.2, -0.15) is 0 Å². The molecule has 144 valence electrons. The summed E-state index contributed by atoms with van der Waals surface area (Å²) in [5.74, 6) is -0.785. The first-order valence-electron chi connectivity index (χ1n) is 8.33. The molecular weight excluding hydrogens is 332 g/mol. The van der Waals surface area contributed by atoms with Gasteiger partial charge in [-0.3, -0.25) is 0 Å². The van der Waals surface area contributed by atoms with Crippen LogP contribution in [0, 0.1) is 0 Å². The summed E-state index contributed by atoms with van der Waals surface area (Å²) in [6, 6.07) is 10.0. The predicted molar refractivity (Wildman–Crippen MR) is 105 cm³/mol. The summed E-state index contributed by atoms with van der Waals surface area (Å²) >= 11 is 0. The van der Waals surface area contributed by atoms with E-state index in [9.17, 15) is 9.59 Å². The second-order valence-corrected chi connectivity index (χ2v) is 4.98. The zero-order valence-corrected chi connectivity index (χ0v) is 15.8. The third kappa shape index (κ3) is 17.7. The van der Waals surface area contributed by atoms with Crippen molar-refractivity contribution in [3.63, 3.8) is 0 Å². The number of rotatable bonds is 8. The van der Waals surface area contributed by atoms with Gasteiger partial charge in [0.15, 0.2) is 0 Å². The van der Waals surface area contributed by atoms with Crippen LogP contribution >= 0.6 is 0 Å². The first-order valence-corrected chi connectivity index (χ1v) is 8.33. The van der Waals surface area contributed by atoms with Crippen molar-refractivity contribution in [1.29, 1.82) is 0 Å². The van der Waals surface area contributed by atoms with Gasteiger partial charge < -0.3 is 14.6 Å². The summed E-state index contributed by atoms with van der Waals surface area (Å²) < 4.78 is 9.14. The van der Waals surface area contributed by atoms with E-state index in [1.165, 1.54) is 5.56 Å². The summed E-state index contributed by atoms with van der Waals surface area (Å²) in [5, 5.41) is 8.10. The van der Waals surface area contributed by atoms with Gasteiger partial charge in [0, 0.05) is 11.6 Å². The van der Waals surface area contributed by atoms with Crippen molar-refractivity contribution in [2.24, 2.45) is 0 Å². The highest BCUT2D eigenvalue weighted by atomic mass is 16.5. The minimum atomic E-state index is -0.501. The largest absolute Gasteiger partial charge is 0.462 e. The van der Waals surface area contributed by atoms with Gasteiger partial charge in [-0.15, -0.1) is 0 Å². The van der Waals surface area contributed by atoms with Gasteiger partial charge in [0.05, 0.1) is 13.2 Å². The number of aliphatic hydroxyl groups excluding tert-OH is 1. The minimum Gasteiger partial charge on any atom is -0.462 e. The second-order valence-electron chi connectivity index (χ2n) is 4.98. The predicted octanol–water partition coefficient (Wildman–Crippen LogP) is 3.94. The van der Waals surface area contributed by atoms with Crippen molar-refractivity contribution in [2.45, 2.75) is 26.7 Å². The van der Waals surface area contributed by atoms with Crippen molar-refractivity contribution >= 4 is 18.0 Å². The molecular formula is C21H30O5. The fraction of sp³-hybridized carbons (Fsp3) is 0.333. The summed E-state index contributed by atoms with van der Waals surface area (Å²) in [7, 11) is 0. The molecule has 0 atom stereocenters. The Morgan fingerprint density at radius 2 is 1.73 bits per heavy atom. The molecule has 0 heterocycles. The quantitative estimate of drug-likeness (QED) is 0.431. The zero-order valence-electron chi connectivity index (χ0n) is 15.8. The van der Waals surface area contributed by atoms with E-state index in [2.05, 4.69) is 31.4 Å². The Kier molecular flexibility index (Phi) is 18.4. The van der Waals surface area contributed by atoms with Crippen LogP contribution in [0.25, 0.3) is 6.08 Å². The van der Waals surface area contributed by atoms with Gasteiger partial charge in [-0.1, -0.05) is 69.5 Å². The van der Waals surface area contributed by atoms with E-state index in [0.717, 1.165) is 18.9 Å². The lowest BCUT2D eigenvalue weighted by Crippen LogP contribution is -2.05. The molecule has 0 radical (unpaired) electrons. The van der Waals surface area contributed by atoms with E-state index in [4.69, 9.17) is 9.84 Å². The molecule has 5 nitrogen and oxygen atoms in total. The summed E-state index contributed by atoms with van der Waals surface area (Å²) in [5.41, 5.74) is 1.64. The Morgan fingerprint density at radius 3 is 2.12 bits per heavy atom. The average molecular weight is 362 g/mol. The van der Waals surface area contributed by atoms with Gasteiger partial charge >= 0.3 is 11.9 Å². The van der Waals surface area contributed by atoms with Crippen molar-refractivity contribution < 1.29 is 24.2 Å². The van der Waals surface area contributed by atoms with Crippen LogP contribution in [0.15, 0.2) is 61.7 Å². The Morgan fingerprint density at radius 1 is 1.12 bits per heavy atom. The SMILES string of the molecule is C=C(C)C(=O)OCCCC.C=CC(=O)OCCO.C=Cc1ccccc1. The fourth-order valence-corrected chi connectivity index (χ4v) is 1.23. The summed E-state index contributed by atoms with van der Waals surface area (Å²) in [6.07, 6.45) is 4.86. The first kappa shape index (κ1) is 25.6. The van der Waals surface area contributed by atoms with E-state index >= 15 is 0 Å². The van der Waals surface area contributed by atoms with Crippen LogP contribution in [0.5, 0.6) is 0 Å². The van der Waals surface area contributed by atoms with E-state index in [1.807, 2.05) is 36.4 Å². The molecule has 0 fully saturated rings. The lowest BCUT2D eigenvalue weighted by Gasteiger charge is -2.01. The molecule has 0 aromatic heterocycles. The maximum absolute atomic E-state index is 10.7. The minimum absolute atomic E-state index is 0.0465. The number of benzene rings is 1. The number of aliphatic hydroxyl groups is 1. The van der Waals surface area contributed by atoms with Crippen LogP contribution < -0.4 is 0 Å². The highest BCUT2D eigenvalue weighted by Gasteiger charge is 2.00. The monoisotopic (exact) mass is 362 g/mol. The molecule has 26 heavy (non-hydrogen) atoms. The lowest BCUT2D eigenvalue weighted by molar-refractivity contribution is -0.139. The van der Waals surface area contributed by atoms with Crippen molar-refractivity contribution in [1.82, 2.24) is 0 Å². The molecule has 1 aromatic carbocycles. The van der Waals surface area contributed by atoms with Gasteiger partial charge in [-0.05, 0) is 18.9 Å². The van der Waals surface area contributed by atoms with Crippen LogP contribution in [0.2, 0.25) is 0 Å². The molecule has 0 amide bonds. The number of carbonyl (C=O) groups excluding carboxylic acids is 2.